The van der Waals surface area contributed by atoms with Crippen LogP contribution >= 0.6 is 12.2 Å². The molecule has 0 atom stereocenters. The average Bonchev–Trinajstić information content (AvgIpc) is 2.92. The van der Waals surface area contributed by atoms with Gasteiger partial charge in [0.05, 0.1) is 30.0 Å². The summed E-state index contributed by atoms with van der Waals surface area (Å²) in [6.07, 6.45) is -4.74. The number of alkyl halides is 3. The lowest BCUT2D eigenvalue weighted by molar-refractivity contribution is -0.137. The summed E-state index contributed by atoms with van der Waals surface area (Å²) in [5.74, 6) is 0.137. The fourth-order valence-corrected chi connectivity index (χ4v) is 3.71. The molecule has 0 radical (unpaired) electrons. The Labute approximate surface area is 184 Å². The number of amides is 1. The van der Waals surface area contributed by atoms with Gasteiger partial charge in [-0.1, -0.05) is 13.8 Å². The van der Waals surface area contributed by atoms with Crippen LogP contribution in [0.2, 0.25) is 0 Å². The van der Waals surface area contributed by atoms with Crippen molar-refractivity contribution in [1.29, 1.82) is 5.26 Å². The molecule has 31 heavy (non-hydrogen) atoms. The van der Waals surface area contributed by atoms with Crippen molar-refractivity contribution in [2.24, 2.45) is 0 Å². The SMILES string of the molecule is CC.COc1ccc(N2C(=S)N(c3ccc(C#N)c(C(F)(F)F)c3)C(=O)C2(C)C)cc1. The molecule has 1 saturated heterocycles. The van der Waals surface area contributed by atoms with Crippen molar-refractivity contribution in [3.63, 3.8) is 0 Å². The molecule has 1 aliphatic heterocycles. The zero-order valence-corrected chi connectivity index (χ0v) is 18.6. The number of methoxy groups -OCH3 is 1. The van der Waals surface area contributed by atoms with E-state index in [4.69, 9.17) is 22.2 Å². The van der Waals surface area contributed by atoms with Crippen molar-refractivity contribution in [2.45, 2.75) is 39.4 Å². The van der Waals surface area contributed by atoms with E-state index < -0.39 is 28.7 Å². The molecule has 164 valence electrons. The summed E-state index contributed by atoms with van der Waals surface area (Å²) < 4.78 is 45.2. The molecular weight excluding hydrogens is 427 g/mol. The lowest BCUT2D eigenvalue weighted by Gasteiger charge is -2.29. The Kier molecular flexibility index (Phi) is 6.96. The normalized spacial score (nSPS) is 15.3. The predicted molar refractivity (Wildman–Crippen MR) is 117 cm³/mol. The summed E-state index contributed by atoms with van der Waals surface area (Å²) in [6, 6.07) is 11.4. The first-order valence-electron chi connectivity index (χ1n) is 9.46. The number of ether oxygens (including phenoxy) is 1. The smallest absolute Gasteiger partial charge is 0.417 e. The number of anilines is 2. The minimum atomic E-state index is -4.74. The minimum absolute atomic E-state index is 0.0444. The fraction of sp³-hybridized carbons (Fsp3) is 0.318. The molecule has 0 aliphatic carbocycles. The summed E-state index contributed by atoms with van der Waals surface area (Å²) in [4.78, 5) is 15.7. The van der Waals surface area contributed by atoms with E-state index >= 15 is 0 Å². The van der Waals surface area contributed by atoms with E-state index in [9.17, 15) is 18.0 Å². The third-order valence-electron chi connectivity index (χ3n) is 4.69. The lowest BCUT2D eigenvalue weighted by Crippen LogP contribution is -2.44. The highest BCUT2D eigenvalue weighted by Gasteiger charge is 2.50. The highest BCUT2D eigenvalue weighted by Crippen LogP contribution is 2.39. The number of hydrogen-bond donors (Lipinski definition) is 0. The molecule has 2 aromatic carbocycles. The molecule has 1 aliphatic rings. The van der Waals surface area contributed by atoms with Crippen LogP contribution in [0.5, 0.6) is 5.75 Å². The second-order valence-corrected chi connectivity index (χ2v) is 7.22. The summed E-state index contributed by atoms with van der Waals surface area (Å²) >= 11 is 5.46. The second-order valence-electron chi connectivity index (χ2n) is 6.86. The summed E-state index contributed by atoms with van der Waals surface area (Å²) in [6.45, 7) is 7.28. The monoisotopic (exact) mass is 449 g/mol. The molecule has 3 rings (SSSR count). The van der Waals surface area contributed by atoms with E-state index in [1.807, 2.05) is 13.8 Å². The van der Waals surface area contributed by atoms with E-state index in [0.29, 0.717) is 11.4 Å². The van der Waals surface area contributed by atoms with Gasteiger partial charge in [0.2, 0.25) is 0 Å². The van der Waals surface area contributed by atoms with Crippen molar-refractivity contribution in [3.8, 4) is 11.8 Å². The van der Waals surface area contributed by atoms with Gasteiger partial charge in [-0.25, -0.2) is 0 Å². The van der Waals surface area contributed by atoms with Gasteiger partial charge in [0.1, 0.15) is 11.3 Å². The van der Waals surface area contributed by atoms with Gasteiger partial charge in [-0.3, -0.25) is 9.69 Å². The van der Waals surface area contributed by atoms with Crippen molar-refractivity contribution in [2.75, 3.05) is 16.9 Å². The molecular formula is C22H22F3N3O2S. The van der Waals surface area contributed by atoms with Gasteiger partial charge in [0.25, 0.3) is 5.91 Å². The third-order valence-corrected chi connectivity index (χ3v) is 5.05. The highest BCUT2D eigenvalue weighted by atomic mass is 32.1. The highest BCUT2D eigenvalue weighted by molar-refractivity contribution is 7.81. The number of carbonyl (C=O) groups is 1. The Bertz CT molecular complexity index is 1030. The van der Waals surface area contributed by atoms with Crippen molar-refractivity contribution >= 4 is 34.6 Å². The van der Waals surface area contributed by atoms with Crippen molar-refractivity contribution < 1.29 is 22.7 Å². The Hall–Kier alpha value is -3.12. The number of thiocarbonyl (C=S) groups is 1. The van der Waals surface area contributed by atoms with Crippen molar-refractivity contribution in [1.82, 2.24) is 0 Å². The molecule has 0 bridgehead atoms. The summed E-state index contributed by atoms with van der Waals surface area (Å²) in [7, 11) is 1.52. The lowest BCUT2D eigenvalue weighted by atomic mass is 10.0. The predicted octanol–water partition coefficient (Wildman–Crippen LogP) is 5.53. The van der Waals surface area contributed by atoms with Gasteiger partial charge in [-0.15, -0.1) is 0 Å². The van der Waals surface area contributed by atoms with Gasteiger partial charge in [-0.2, -0.15) is 18.4 Å². The second kappa shape index (κ2) is 8.94. The number of carbonyl (C=O) groups excluding carboxylic acids is 1. The quantitative estimate of drug-likeness (QED) is 0.577. The van der Waals surface area contributed by atoms with Crippen molar-refractivity contribution in [3.05, 3.63) is 53.6 Å². The number of benzene rings is 2. The minimum Gasteiger partial charge on any atom is -0.497 e. The van der Waals surface area contributed by atoms with E-state index in [0.717, 1.165) is 17.0 Å². The molecule has 5 nitrogen and oxygen atoms in total. The molecule has 1 fully saturated rings. The maximum absolute atomic E-state index is 13.4. The van der Waals surface area contributed by atoms with Crippen LogP contribution in [0.3, 0.4) is 0 Å². The van der Waals surface area contributed by atoms with Gasteiger partial charge in [0.15, 0.2) is 5.11 Å². The molecule has 1 amide bonds. The first-order valence-corrected chi connectivity index (χ1v) is 9.87. The van der Waals surface area contributed by atoms with Crippen LogP contribution < -0.4 is 14.5 Å². The zero-order chi connectivity index (χ0) is 23.6. The maximum atomic E-state index is 13.4. The molecule has 1 heterocycles. The van der Waals surface area contributed by atoms with E-state index in [2.05, 4.69) is 0 Å². The van der Waals surface area contributed by atoms with Crippen LogP contribution in [0.4, 0.5) is 24.5 Å². The summed E-state index contributed by atoms with van der Waals surface area (Å²) in [5, 5.41) is 9.03. The van der Waals surface area contributed by atoms with E-state index in [1.54, 1.807) is 43.0 Å². The van der Waals surface area contributed by atoms with Gasteiger partial charge < -0.3 is 9.64 Å². The average molecular weight is 449 g/mol. The number of halogens is 3. The van der Waals surface area contributed by atoms with Crippen LogP contribution in [0.1, 0.15) is 38.8 Å². The number of nitrogens with zero attached hydrogens (tertiary/aromatic N) is 3. The topological polar surface area (TPSA) is 56.6 Å². The molecule has 0 N–H and O–H groups in total. The number of rotatable bonds is 3. The Balaban J connectivity index is 0.00000166. The molecule has 0 unspecified atom stereocenters. The Morgan fingerprint density at radius 3 is 2.10 bits per heavy atom. The molecule has 2 aromatic rings. The maximum Gasteiger partial charge on any atom is 0.417 e. The number of nitriles is 1. The van der Waals surface area contributed by atoms with Crippen LogP contribution in [0.25, 0.3) is 0 Å². The summed E-state index contributed by atoms with van der Waals surface area (Å²) in [5.41, 5.74) is -2.21. The largest absolute Gasteiger partial charge is 0.497 e. The van der Waals surface area contributed by atoms with Gasteiger partial charge in [-0.05, 0) is 68.5 Å². The first kappa shape index (κ1) is 24.2. The van der Waals surface area contributed by atoms with E-state index in [1.165, 1.54) is 19.2 Å². The fourth-order valence-electron chi connectivity index (χ4n) is 3.19. The molecule has 9 heteroatoms. The third kappa shape index (κ3) is 4.35. The van der Waals surface area contributed by atoms with E-state index in [-0.39, 0.29) is 10.8 Å². The molecule has 0 saturated carbocycles. The number of hydrogen-bond acceptors (Lipinski definition) is 4. The first-order chi connectivity index (χ1) is 14.5. The van der Waals surface area contributed by atoms with Crippen LogP contribution in [-0.2, 0) is 11.0 Å². The van der Waals surface area contributed by atoms with Gasteiger partial charge in [0, 0.05) is 5.69 Å². The Morgan fingerprint density at radius 1 is 1.06 bits per heavy atom. The Morgan fingerprint density at radius 2 is 1.61 bits per heavy atom. The van der Waals surface area contributed by atoms with Crippen LogP contribution in [0, 0.1) is 11.3 Å². The zero-order valence-electron chi connectivity index (χ0n) is 17.7. The molecule has 0 aromatic heterocycles. The standard InChI is InChI=1S/C20H16F3N3O2S.C2H6/c1-19(2)17(27)25(14-5-4-12(11-24)16(10-14)20(21,22)23)18(29)26(19)13-6-8-15(28-3)9-7-13;1-2/h4-10H,1-3H3;1-2H3. The van der Waals surface area contributed by atoms with Gasteiger partial charge >= 0.3 is 6.18 Å². The van der Waals surface area contributed by atoms with Crippen LogP contribution in [-0.4, -0.2) is 23.7 Å². The van der Waals surface area contributed by atoms with Crippen LogP contribution in [0.15, 0.2) is 42.5 Å². The molecule has 0 spiro atoms.